The molecule has 1 aromatic heterocycles. The lowest BCUT2D eigenvalue weighted by molar-refractivity contribution is -0.176. The summed E-state index contributed by atoms with van der Waals surface area (Å²) in [6.45, 7) is 9.72. The Labute approximate surface area is 160 Å². The van der Waals surface area contributed by atoms with E-state index >= 15 is 0 Å². The standard InChI is InChI=1S/C22H29NO4/c1-15(2)18-11-19-17(12-26-20(19)9-16(18)3)10-21(24)23-6-8-27-22(13-23)5-4-7-25-14-22/h9,11-12,15H,4-8,10,13-14H2,1-3H3. The molecule has 2 aromatic rings. The smallest absolute Gasteiger partial charge is 0.227 e. The van der Waals surface area contributed by atoms with E-state index in [1.165, 1.54) is 11.1 Å². The zero-order chi connectivity index (χ0) is 19.0. The maximum atomic E-state index is 13.0. The first-order chi connectivity index (χ1) is 13.0. The van der Waals surface area contributed by atoms with E-state index in [1.807, 2.05) is 4.90 Å². The zero-order valence-corrected chi connectivity index (χ0v) is 16.5. The van der Waals surface area contributed by atoms with Gasteiger partial charge in [0.2, 0.25) is 5.91 Å². The molecule has 5 nitrogen and oxygen atoms in total. The molecule has 2 fully saturated rings. The molecule has 2 aliphatic heterocycles. The van der Waals surface area contributed by atoms with Crippen molar-refractivity contribution in [3.05, 3.63) is 35.1 Å². The Hall–Kier alpha value is -1.85. The number of hydrogen-bond donors (Lipinski definition) is 0. The van der Waals surface area contributed by atoms with Gasteiger partial charge in [0.25, 0.3) is 0 Å². The second-order valence-corrected chi connectivity index (χ2v) is 8.30. The van der Waals surface area contributed by atoms with E-state index in [0.717, 1.165) is 36.0 Å². The predicted molar refractivity (Wildman–Crippen MR) is 104 cm³/mol. The van der Waals surface area contributed by atoms with Gasteiger partial charge in [0, 0.05) is 24.1 Å². The molecule has 2 saturated heterocycles. The van der Waals surface area contributed by atoms with Crippen LogP contribution in [0.4, 0.5) is 0 Å². The molecule has 1 spiro atoms. The van der Waals surface area contributed by atoms with Crippen molar-refractivity contribution in [2.75, 3.05) is 32.9 Å². The van der Waals surface area contributed by atoms with Crippen molar-refractivity contribution < 1.29 is 18.7 Å². The van der Waals surface area contributed by atoms with Crippen LogP contribution in [0.3, 0.4) is 0 Å². The monoisotopic (exact) mass is 371 g/mol. The van der Waals surface area contributed by atoms with E-state index in [2.05, 4.69) is 32.9 Å². The lowest BCUT2D eigenvalue weighted by atomic mass is 9.93. The molecule has 0 bridgehead atoms. The number of amides is 1. The van der Waals surface area contributed by atoms with E-state index < -0.39 is 0 Å². The van der Waals surface area contributed by atoms with E-state index in [0.29, 0.717) is 38.6 Å². The first-order valence-corrected chi connectivity index (χ1v) is 9.97. The number of fused-ring (bicyclic) bond motifs is 1. The van der Waals surface area contributed by atoms with Crippen molar-refractivity contribution >= 4 is 16.9 Å². The van der Waals surface area contributed by atoms with Crippen LogP contribution in [0.25, 0.3) is 11.0 Å². The van der Waals surface area contributed by atoms with Gasteiger partial charge >= 0.3 is 0 Å². The van der Waals surface area contributed by atoms with Crippen molar-refractivity contribution in [1.82, 2.24) is 4.90 Å². The van der Waals surface area contributed by atoms with Gasteiger partial charge in [-0.15, -0.1) is 0 Å². The number of morpholine rings is 1. The van der Waals surface area contributed by atoms with Gasteiger partial charge in [-0.05, 0) is 48.9 Å². The molecule has 0 aliphatic carbocycles. The molecule has 3 heterocycles. The molecule has 1 unspecified atom stereocenters. The summed E-state index contributed by atoms with van der Waals surface area (Å²) in [5.74, 6) is 0.580. The van der Waals surface area contributed by atoms with Gasteiger partial charge in [-0.2, -0.15) is 0 Å². The second-order valence-electron chi connectivity index (χ2n) is 8.30. The van der Waals surface area contributed by atoms with Crippen molar-refractivity contribution in [2.45, 2.75) is 51.6 Å². The minimum absolute atomic E-state index is 0.137. The van der Waals surface area contributed by atoms with Crippen LogP contribution in [0, 0.1) is 6.92 Å². The molecular weight excluding hydrogens is 342 g/mol. The molecule has 1 amide bonds. The highest BCUT2D eigenvalue weighted by molar-refractivity contribution is 5.88. The van der Waals surface area contributed by atoms with Crippen molar-refractivity contribution in [2.24, 2.45) is 0 Å². The van der Waals surface area contributed by atoms with Crippen molar-refractivity contribution in [1.29, 1.82) is 0 Å². The fourth-order valence-corrected chi connectivity index (χ4v) is 4.40. The first kappa shape index (κ1) is 18.5. The number of nitrogens with zero attached hydrogens (tertiary/aromatic N) is 1. The summed E-state index contributed by atoms with van der Waals surface area (Å²) in [5.41, 5.74) is 4.06. The van der Waals surface area contributed by atoms with Crippen LogP contribution in [0.5, 0.6) is 0 Å². The second kappa shape index (κ2) is 7.28. The first-order valence-electron chi connectivity index (χ1n) is 9.97. The Kier molecular flexibility index (Phi) is 4.99. The van der Waals surface area contributed by atoms with Crippen LogP contribution in [0.15, 0.2) is 22.8 Å². The SMILES string of the molecule is Cc1cc2occ(CC(=O)N3CCOC4(CCCOC4)C3)c2cc1C(C)C. The number of rotatable bonds is 3. The molecule has 0 radical (unpaired) electrons. The van der Waals surface area contributed by atoms with Crippen molar-refractivity contribution in [3.63, 3.8) is 0 Å². The van der Waals surface area contributed by atoms with Crippen LogP contribution in [0.1, 0.15) is 49.3 Å². The summed E-state index contributed by atoms with van der Waals surface area (Å²) >= 11 is 0. The van der Waals surface area contributed by atoms with Gasteiger partial charge < -0.3 is 18.8 Å². The summed E-state index contributed by atoms with van der Waals surface area (Å²) < 4.78 is 17.4. The highest BCUT2D eigenvalue weighted by Gasteiger charge is 2.40. The Morgan fingerprint density at radius 3 is 2.89 bits per heavy atom. The number of carbonyl (C=O) groups is 1. The molecule has 0 N–H and O–H groups in total. The molecule has 4 rings (SSSR count). The van der Waals surface area contributed by atoms with Crippen LogP contribution in [-0.2, 0) is 20.7 Å². The quantitative estimate of drug-likeness (QED) is 0.823. The van der Waals surface area contributed by atoms with Crippen LogP contribution >= 0.6 is 0 Å². The third-order valence-corrected chi connectivity index (χ3v) is 5.89. The average Bonchev–Trinajstić information content (AvgIpc) is 3.03. The van der Waals surface area contributed by atoms with Crippen LogP contribution in [0.2, 0.25) is 0 Å². The Morgan fingerprint density at radius 2 is 2.15 bits per heavy atom. The van der Waals surface area contributed by atoms with Gasteiger partial charge in [0.15, 0.2) is 0 Å². The minimum Gasteiger partial charge on any atom is -0.464 e. The van der Waals surface area contributed by atoms with E-state index in [-0.39, 0.29) is 11.5 Å². The number of carbonyl (C=O) groups excluding carboxylic acids is 1. The third-order valence-electron chi connectivity index (χ3n) is 5.89. The van der Waals surface area contributed by atoms with Crippen LogP contribution in [-0.4, -0.2) is 49.3 Å². The predicted octanol–water partition coefficient (Wildman–Crippen LogP) is 3.82. The largest absolute Gasteiger partial charge is 0.464 e. The number of aryl methyl sites for hydroxylation is 1. The Bertz CT molecular complexity index is 827. The minimum atomic E-state index is -0.313. The summed E-state index contributed by atoms with van der Waals surface area (Å²) in [5, 5.41) is 1.06. The summed E-state index contributed by atoms with van der Waals surface area (Å²) in [6, 6.07) is 4.28. The summed E-state index contributed by atoms with van der Waals surface area (Å²) in [6.07, 6.45) is 4.06. The van der Waals surface area contributed by atoms with E-state index in [1.54, 1.807) is 6.26 Å². The number of hydrogen-bond acceptors (Lipinski definition) is 4. The fourth-order valence-electron chi connectivity index (χ4n) is 4.40. The molecule has 2 aliphatic rings. The highest BCUT2D eigenvalue weighted by Crippen LogP contribution is 2.31. The van der Waals surface area contributed by atoms with Gasteiger partial charge in [-0.1, -0.05) is 13.8 Å². The molecule has 1 atom stereocenters. The average molecular weight is 371 g/mol. The van der Waals surface area contributed by atoms with Crippen molar-refractivity contribution in [3.8, 4) is 0 Å². The molecule has 0 saturated carbocycles. The van der Waals surface area contributed by atoms with Gasteiger partial charge in [-0.25, -0.2) is 0 Å². The lowest BCUT2D eigenvalue weighted by Gasteiger charge is -2.44. The normalized spacial score (nSPS) is 23.5. The topological polar surface area (TPSA) is 51.9 Å². The number of ether oxygens (including phenoxy) is 2. The third kappa shape index (κ3) is 3.63. The zero-order valence-electron chi connectivity index (χ0n) is 16.5. The molecular formula is C22H29NO4. The fraction of sp³-hybridized carbons (Fsp3) is 0.591. The lowest BCUT2D eigenvalue weighted by Crippen LogP contribution is -2.57. The molecule has 5 heteroatoms. The van der Waals surface area contributed by atoms with E-state index in [9.17, 15) is 4.79 Å². The summed E-state index contributed by atoms with van der Waals surface area (Å²) in [7, 11) is 0. The number of benzene rings is 1. The Morgan fingerprint density at radius 1 is 1.30 bits per heavy atom. The highest BCUT2D eigenvalue weighted by atomic mass is 16.5. The molecule has 1 aromatic carbocycles. The van der Waals surface area contributed by atoms with Gasteiger partial charge in [0.05, 0.1) is 32.4 Å². The van der Waals surface area contributed by atoms with Gasteiger partial charge in [-0.3, -0.25) is 4.79 Å². The molecule has 146 valence electrons. The Balaban J connectivity index is 1.53. The number of furan rings is 1. The maximum Gasteiger partial charge on any atom is 0.227 e. The van der Waals surface area contributed by atoms with Gasteiger partial charge in [0.1, 0.15) is 11.2 Å². The van der Waals surface area contributed by atoms with Crippen LogP contribution < -0.4 is 0 Å². The molecule has 27 heavy (non-hydrogen) atoms. The van der Waals surface area contributed by atoms with E-state index in [4.69, 9.17) is 13.9 Å². The summed E-state index contributed by atoms with van der Waals surface area (Å²) in [4.78, 5) is 14.9. The maximum absolute atomic E-state index is 13.0.